The number of thiophene rings is 1. The molecule has 0 aliphatic carbocycles. The van der Waals surface area contributed by atoms with Gasteiger partial charge in [0, 0.05) is 79.8 Å². The van der Waals surface area contributed by atoms with Crippen LogP contribution < -0.4 is 5.32 Å². The number of aromatic nitrogens is 4. The molecule has 3 N–H and O–H groups in total. The van der Waals surface area contributed by atoms with E-state index in [4.69, 9.17) is 24.4 Å². The topological polar surface area (TPSA) is 129 Å². The number of rotatable bonds is 14. The number of anilines is 1. The molecule has 0 spiro atoms. The van der Waals surface area contributed by atoms with Crippen molar-refractivity contribution in [2.75, 3.05) is 50.9 Å². The van der Waals surface area contributed by atoms with Gasteiger partial charge in [0.15, 0.2) is 11.6 Å². The molecule has 1 saturated heterocycles. The normalized spacial score (nSPS) is 14.9. The molecule has 5 rings (SSSR count). The highest BCUT2D eigenvalue weighted by molar-refractivity contribution is 7.93. The molecule has 4 aromatic rings. The molecule has 1 aliphatic rings. The van der Waals surface area contributed by atoms with E-state index in [0.717, 1.165) is 91.0 Å². The Morgan fingerprint density at radius 3 is 2.90 bits per heavy atom. The van der Waals surface area contributed by atoms with Crippen LogP contribution >= 0.6 is 23.4 Å². The molecule has 3 aromatic heterocycles. The highest BCUT2D eigenvalue weighted by Crippen LogP contribution is 2.34. The average molecular weight is 572 g/mol. The van der Waals surface area contributed by atoms with Crippen LogP contribution in [0.2, 0.25) is 0 Å². The number of benzene rings is 1. The Kier molecular flexibility index (Phi) is 9.74. The van der Waals surface area contributed by atoms with Gasteiger partial charge in [0.1, 0.15) is 12.4 Å². The van der Waals surface area contributed by atoms with Crippen LogP contribution in [0.5, 0.6) is 0 Å². The van der Waals surface area contributed by atoms with Crippen molar-refractivity contribution in [3.8, 4) is 11.4 Å². The summed E-state index contributed by atoms with van der Waals surface area (Å²) in [5, 5.41) is 22.5. The van der Waals surface area contributed by atoms with Crippen LogP contribution in [0.4, 0.5) is 5.82 Å². The zero-order valence-corrected chi connectivity index (χ0v) is 23.5. The van der Waals surface area contributed by atoms with Crippen LogP contribution in [0.15, 0.2) is 30.5 Å². The fourth-order valence-electron chi connectivity index (χ4n) is 4.63. The van der Waals surface area contributed by atoms with E-state index >= 15 is 0 Å². The van der Waals surface area contributed by atoms with Crippen LogP contribution in [0, 0.1) is 0 Å². The molecule has 0 radical (unpaired) electrons. The number of unbranched alkanes of at least 4 members (excludes halogenated alkanes) is 2. The van der Waals surface area contributed by atoms with Crippen LogP contribution in [-0.4, -0.2) is 86.6 Å². The maximum absolute atomic E-state index is 11.4. The Bertz CT molecular complexity index is 1390. The molecule has 0 amide bonds. The molecule has 208 valence electrons. The first-order valence-electron chi connectivity index (χ1n) is 13.1. The van der Waals surface area contributed by atoms with Crippen LogP contribution in [-0.2, 0) is 20.7 Å². The van der Waals surface area contributed by atoms with Gasteiger partial charge in [0.05, 0.1) is 21.9 Å². The van der Waals surface area contributed by atoms with Crippen molar-refractivity contribution in [3.05, 3.63) is 35.3 Å². The first kappa shape index (κ1) is 27.9. The van der Waals surface area contributed by atoms with Crippen molar-refractivity contribution < 1.29 is 19.2 Å². The van der Waals surface area contributed by atoms with Gasteiger partial charge in [0.2, 0.25) is 0 Å². The van der Waals surface area contributed by atoms with Crippen molar-refractivity contribution >= 4 is 56.1 Å². The summed E-state index contributed by atoms with van der Waals surface area (Å²) in [6.07, 6.45) is 6.65. The minimum absolute atomic E-state index is 0.105. The van der Waals surface area contributed by atoms with Crippen LogP contribution in [0.25, 0.3) is 32.5 Å². The van der Waals surface area contributed by atoms with E-state index in [1.54, 1.807) is 11.3 Å². The molecule has 13 heteroatoms. The Morgan fingerprint density at radius 2 is 2.08 bits per heavy atom. The van der Waals surface area contributed by atoms with E-state index in [2.05, 4.69) is 26.5 Å². The highest BCUT2D eigenvalue weighted by Gasteiger charge is 2.21. The first-order chi connectivity index (χ1) is 19.1. The molecule has 39 heavy (non-hydrogen) atoms. The minimum atomic E-state index is -0.375. The zero-order valence-electron chi connectivity index (χ0n) is 21.9. The maximum atomic E-state index is 11.4. The second-order valence-electron chi connectivity index (χ2n) is 9.41. The molecular weight excluding hydrogens is 538 g/mol. The van der Waals surface area contributed by atoms with Crippen molar-refractivity contribution in [2.45, 2.75) is 32.2 Å². The van der Waals surface area contributed by atoms with Gasteiger partial charge in [-0.3, -0.25) is 14.8 Å². The summed E-state index contributed by atoms with van der Waals surface area (Å²) >= 11 is 2.92. The molecular formula is C26H33N7O4S2. The van der Waals surface area contributed by atoms with Crippen molar-refractivity contribution in [1.82, 2.24) is 30.1 Å². The summed E-state index contributed by atoms with van der Waals surface area (Å²) < 4.78 is 6.03. The number of hydrogen-bond acceptors (Lipinski definition) is 12. The number of carbonyl (C=O) groups is 1. The second-order valence-corrected chi connectivity index (χ2v) is 11.0. The average Bonchev–Trinajstić information content (AvgIpc) is 3.61. The summed E-state index contributed by atoms with van der Waals surface area (Å²) in [6.45, 7) is 4.53. The quantitative estimate of drug-likeness (QED) is 0.0878. The van der Waals surface area contributed by atoms with E-state index in [1.807, 2.05) is 35.7 Å². The van der Waals surface area contributed by atoms with Crippen molar-refractivity contribution in [2.24, 2.45) is 0 Å². The fourth-order valence-corrected chi connectivity index (χ4v) is 5.88. The Morgan fingerprint density at radius 1 is 1.21 bits per heavy atom. The summed E-state index contributed by atoms with van der Waals surface area (Å²) in [5.41, 5.74) is 2.80. The number of aliphatic hydroxyl groups is 1. The highest BCUT2D eigenvalue weighted by atomic mass is 32.2. The fraction of sp³-hybridized carbons (Fsp3) is 0.462. The minimum Gasteiger partial charge on any atom is -0.389 e. The van der Waals surface area contributed by atoms with Gasteiger partial charge in [-0.15, -0.1) is 20.7 Å². The molecule has 0 bridgehead atoms. The largest absolute Gasteiger partial charge is 0.389 e. The lowest BCUT2D eigenvalue weighted by atomic mass is 10.1. The second kappa shape index (κ2) is 13.6. The monoisotopic (exact) mass is 571 g/mol. The van der Waals surface area contributed by atoms with Gasteiger partial charge in [-0.05, 0) is 25.0 Å². The zero-order chi connectivity index (χ0) is 27.0. The number of aliphatic hydroxyl groups excluding tert-OH is 1. The predicted octanol–water partition coefficient (Wildman–Crippen LogP) is 4.03. The molecule has 1 aromatic carbocycles. The summed E-state index contributed by atoms with van der Waals surface area (Å²) in [7, 11) is 0. The van der Waals surface area contributed by atoms with Crippen molar-refractivity contribution in [3.63, 3.8) is 0 Å². The number of hydrogen-bond donors (Lipinski definition) is 3. The summed E-state index contributed by atoms with van der Waals surface area (Å²) in [6, 6.07) is 8.17. The van der Waals surface area contributed by atoms with E-state index < -0.39 is 0 Å². The third kappa shape index (κ3) is 7.11. The third-order valence-corrected chi connectivity index (χ3v) is 7.98. The van der Waals surface area contributed by atoms with E-state index in [0.29, 0.717) is 12.2 Å². The Labute approximate surface area is 235 Å². The Hall–Kier alpha value is -2.65. The van der Waals surface area contributed by atoms with Crippen molar-refractivity contribution in [1.29, 1.82) is 0 Å². The molecule has 1 aliphatic heterocycles. The van der Waals surface area contributed by atoms with Gasteiger partial charge >= 0.3 is 0 Å². The number of hydroxylamine groups is 2. The maximum Gasteiger partial charge on any atom is 0.162 e. The van der Waals surface area contributed by atoms with E-state index in [1.165, 1.54) is 16.9 Å². The Balaban J connectivity index is 1.33. The molecule has 0 atom stereocenters. The standard InChI is InChI=1S/C26H33N7O4S2/c1-38-37-36-33-12-10-32(11-13-33)16-19-14-23-24(39-19)26(27-9-4-2-3-6-18(35)17-34)30-25(29-23)20-7-5-8-22-21(20)15-28-31-22/h5,7-8,14-15,34H,2-4,6,9-13,16-17H2,1H3,(H,28,31)(H,27,29,30). The van der Waals surface area contributed by atoms with Crippen LogP contribution in [0.3, 0.4) is 0 Å². The van der Waals surface area contributed by atoms with E-state index in [-0.39, 0.29) is 12.4 Å². The van der Waals surface area contributed by atoms with Gasteiger partial charge in [0.25, 0.3) is 0 Å². The first-order valence-corrected chi connectivity index (χ1v) is 15.1. The number of fused-ring (bicyclic) bond motifs is 2. The number of Topliss-reactive ketones (excluding diaryl/α,β-unsaturated/α-hetero) is 1. The number of nitrogens with zero attached hydrogens (tertiary/aromatic N) is 5. The lowest BCUT2D eigenvalue weighted by molar-refractivity contribution is -0.365. The smallest absolute Gasteiger partial charge is 0.162 e. The van der Waals surface area contributed by atoms with Crippen LogP contribution in [0.1, 0.15) is 30.6 Å². The molecule has 0 unspecified atom stereocenters. The number of piperazine rings is 1. The van der Waals surface area contributed by atoms with Gasteiger partial charge in [-0.2, -0.15) is 10.2 Å². The lowest BCUT2D eigenvalue weighted by Gasteiger charge is -2.32. The number of aromatic amines is 1. The molecule has 4 heterocycles. The molecule has 0 saturated carbocycles. The molecule has 11 nitrogen and oxygen atoms in total. The van der Waals surface area contributed by atoms with Gasteiger partial charge in [-0.1, -0.05) is 18.6 Å². The summed E-state index contributed by atoms with van der Waals surface area (Å²) in [5.74, 6) is 1.38. The summed E-state index contributed by atoms with van der Waals surface area (Å²) in [4.78, 5) is 30.2. The third-order valence-electron chi connectivity index (χ3n) is 6.66. The predicted molar refractivity (Wildman–Crippen MR) is 154 cm³/mol. The number of carbonyl (C=O) groups excluding carboxylic acids is 1. The van der Waals surface area contributed by atoms with Gasteiger partial charge < -0.3 is 10.4 Å². The number of ketones is 1. The number of nitrogens with one attached hydrogen (secondary N) is 2. The van der Waals surface area contributed by atoms with Gasteiger partial charge in [-0.25, -0.2) is 9.97 Å². The van der Waals surface area contributed by atoms with E-state index in [9.17, 15) is 4.79 Å². The number of H-pyrrole nitrogens is 1. The molecule has 1 fully saturated rings. The SMILES string of the molecule is CSOON1CCN(Cc2cc3nc(-c4cccc5[nH]ncc45)nc(NCCCCCC(=O)CO)c3s2)CC1. The lowest BCUT2D eigenvalue weighted by Crippen LogP contribution is -2.45.